The van der Waals surface area contributed by atoms with Crippen LogP contribution in [-0.2, 0) is 14.3 Å². The number of esters is 1. The fraction of sp³-hybridized carbons (Fsp3) is 0.818. The molecule has 2 atom stereocenters. The van der Waals surface area contributed by atoms with Gasteiger partial charge in [-0.2, -0.15) is 0 Å². The summed E-state index contributed by atoms with van der Waals surface area (Å²) in [6, 6.07) is 0. The van der Waals surface area contributed by atoms with Gasteiger partial charge in [-0.15, -0.1) is 0 Å². The zero-order valence-corrected chi connectivity index (χ0v) is 9.07. The van der Waals surface area contributed by atoms with E-state index >= 15 is 0 Å². The Kier molecular flexibility index (Phi) is 4.59. The SMILES string of the molecule is CCCCCCOC(=O)C1CC1C(=O)O. The van der Waals surface area contributed by atoms with Crippen LogP contribution >= 0.6 is 0 Å². The highest BCUT2D eigenvalue weighted by Crippen LogP contribution is 2.39. The van der Waals surface area contributed by atoms with Crippen molar-refractivity contribution in [2.75, 3.05) is 6.61 Å². The van der Waals surface area contributed by atoms with Gasteiger partial charge in [0.15, 0.2) is 0 Å². The average molecular weight is 214 g/mol. The molecular formula is C11H18O4. The molecule has 0 amide bonds. The van der Waals surface area contributed by atoms with Gasteiger partial charge in [0.05, 0.1) is 18.4 Å². The van der Waals surface area contributed by atoms with Gasteiger partial charge in [-0.3, -0.25) is 9.59 Å². The summed E-state index contributed by atoms with van der Waals surface area (Å²) in [7, 11) is 0. The molecule has 0 aromatic heterocycles. The molecule has 0 saturated heterocycles. The predicted molar refractivity (Wildman–Crippen MR) is 54.3 cm³/mol. The van der Waals surface area contributed by atoms with E-state index in [0.717, 1.165) is 25.7 Å². The minimum absolute atomic E-state index is 0.334. The van der Waals surface area contributed by atoms with Crippen molar-refractivity contribution in [1.82, 2.24) is 0 Å². The standard InChI is InChI=1S/C11H18O4/c1-2-3-4-5-6-15-11(14)9-7-8(9)10(12)13/h8-9H,2-7H2,1H3,(H,12,13). The number of aliphatic carboxylic acids is 1. The number of carboxylic acids is 1. The van der Waals surface area contributed by atoms with Crippen LogP contribution in [0, 0.1) is 11.8 Å². The smallest absolute Gasteiger partial charge is 0.309 e. The maximum Gasteiger partial charge on any atom is 0.309 e. The van der Waals surface area contributed by atoms with Crippen LogP contribution in [0.5, 0.6) is 0 Å². The number of carbonyl (C=O) groups excluding carboxylic acids is 1. The summed E-state index contributed by atoms with van der Waals surface area (Å²) in [5, 5.41) is 8.61. The Morgan fingerprint density at radius 3 is 2.53 bits per heavy atom. The van der Waals surface area contributed by atoms with Gasteiger partial charge in [-0.25, -0.2) is 0 Å². The lowest BCUT2D eigenvalue weighted by Crippen LogP contribution is -2.12. The molecule has 1 saturated carbocycles. The maximum atomic E-state index is 11.3. The van der Waals surface area contributed by atoms with Gasteiger partial charge < -0.3 is 9.84 Å². The van der Waals surface area contributed by atoms with Crippen molar-refractivity contribution in [2.45, 2.75) is 39.0 Å². The third kappa shape index (κ3) is 3.90. The van der Waals surface area contributed by atoms with E-state index in [-0.39, 0.29) is 11.9 Å². The first-order chi connectivity index (χ1) is 7.16. The van der Waals surface area contributed by atoms with E-state index in [2.05, 4.69) is 6.92 Å². The summed E-state index contributed by atoms with van der Waals surface area (Å²) in [5.74, 6) is -2.09. The van der Waals surface area contributed by atoms with Crippen molar-refractivity contribution < 1.29 is 19.4 Å². The molecule has 0 bridgehead atoms. The van der Waals surface area contributed by atoms with Gasteiger partial charge in [-0.1, -0.05) is 26.2 Å². The van der Waals surface area contributed by atoms with Crippen LogP contribution in [0.4, 0.5) is 0 Å². The van der Waals surface area contributed by atoms with E-state index < -0.39 is 11.9 Å². The molecule has 1 rings (SSSR count). The second-order valence-electron chi connectivity index (χ2n) is 4.02. The zero-order valence-electron chi connectivity index (χ0n) is 9.07. The Hall–Kier alpha value is -1.06. The summed E-state index contributed by atoms with van der Waals surface area (Å²) in [6.07, 6.45) is 4.69. The second kappa shape index (κ2) is 5.73. The Morgan fingerprint density at radius 1 is 1.27 bits per heavy atom. The molecule has 0 radical (unpaired) electrons. The number of hydrogen-bond donors (Lipinski definition) is 1. The van der Waals surface area contributed by atoms with Crippen molar-refractivity contribution in [3.05, 3.63) is 0 Å². The molecule has 15 heavy (non-hydrogen) atoms. The molecule has 4 nitrogen and oxygen atoms in total. The molecule has 86 valence electrons. The number of unbranched alkanes of at least 4 members (excludes halogenated alkanes) is 3. The third-order valence-electron chi connectivity index (χ3n) is 2.65. The summed E-state index contributed by atoms with van der Waals surface area (Å²) in [6.45, 7) is 2.55. The van der Waals surface area contributed by atoms with Crippen LogP contribution in [0.2, 0.25) is 0 Å². The summed E-state index contributed by atoms with van der Waals surface area (Å²) in [4.78, 5) is 21.8. The lowest BCUT2D eigenvalue weighted by atomic mass is 10.2. The van der Waals surface area contributed by atoms with Crippen LogP contribution in [0.1, 0.15) is 39.0 Å². The Morgan fingerprint density at radius 2 is 2.00 bits per heavy atom. The number of carboxylic acid groups (broad SMARTS) is 1. The highest BCUT2D eigenvalue weighted by Gasteiger charge is 2.49. The van der Waals surface area contributed by atoms with Crippen LogP contribution in [0.15, 0.2) is 0 Å². The molecular weight excluding hydrogens is 196 g/mol. The highest BCUT2D eigenvalue weighted by molar-refractivity contribution is 5.86. The molecule has 0 aromatic carbocycles. The van der Waals surface area contributed by atoms with E-state index in [1.54, 1.807) is 0 Å². The molecule has 1 aliphatic carbocycles. The first-order valence-corrected chi connectivity index (χ1v) is 5.56. The Balaban J connectivity index is 2.03. The molecule has 1 aliphatic rings. The fourth-order valence-corrected chi connectivity index (χ4v) is 1.54. The summed E-state index contributed by atoms with van der Waals surface area (Å²) in [5.41, 5.74) is 0. The van der Waals surface area contributed by atoms with E-state index in [4.69, 9.17) is 9.84 Å². The van der Waals surface area contributed by atoms with Crippen LogP contribution < -0.4 is 0 Å². The van der Waals surface area contributed by atoms with Gasteiger partial charge in [0, 0.05) is 0 Å². The normalized spacial score (nSPS) is 23.5. The molecule has 1 N–H and O–H groups in total. The number of ether oxygens (including phenoxy) is 1. The quantitative estimate of drug-likeness (QED) is 0.518. The number of carbonyl (C=O) groups is 2. The molecule has 2 unspecified atom stereocenters. The lowest BCUT2D eigenvalue weighted by molar-refractivity contribution is -0.148. The topological polar surface area (TPSA) is 63.6 Å². The van der Waals surface area contributed by atoms with Crippen LogP contribution in [0.3, 0.4) is 0 Å². The highest BCUT2D eigenvalue weighted by atomic mass is 16.5. The predicted octanol–water partition coefficient (Wildman–Crippen LogP) is 1.83. The summed E-state index contributed by atoms with van der Waals surface area (Å²) >= 11 is 0. The van der Waals surface area contributed by atoms with E-state index in [9.17, 15) is 9.59 Å². The number of rotatable bonds is 7. The molecule has 0 aliphatic heterocycles. The van der Waals surface area contributed by atoms with Gasteiger partial charge in [0.2, 0.25) is 0 Å². The molecule has 0 heterocycles. The second-order valence-corrected chi connectivity index (χ2v) is 4.02. The Labute approximate surface area is 89.6 Å². The van der Waals surface area contributed by atoms with Crippen molar-refractivity contribution in [1.29, 1.82) is 0 Å². The van der Waals surface area contributed by atoms with Gasteiger partial charge in [-0.05, 0) is 12.8 Å². The maximum absolute atomic E-state index is 11.3. The molecule has 0 aromatic rings. The van der Waals surface area contributed by atoms with Gasteiger partial charge in [0.25, 0.3) is 0 Å². The van der Waals surface area contributed by atoms with E-state index in [1.165, 1.54) is 0 Å². The lowest BCUT2D eigenvalue weighted by Gasteiger charge is -2.03. The van der Waals surface area contributed by atoms with E-state index in [0.29, 0.717) is 13.0 Å². The minimum atomic E-state index is -0.886. The molecule has 4 heteroatoms. The van der Waals surface area contributed by atoms with Crippen LogP contribution in [-0.4, -0.2) is 23.7 Å². The van der Waals surface area contributed by atoms with Crippen molar-refractivity contribution in [3.8, 4) is 0 Å². The van der Waals surface area contributed by atoms with Gasteiger partial charge in [0.1, 0.15) is 0 Å². The number of hydrogen-bond acceptors (Lipinski definition) is 3. The largest absolute Gasteiger partial charge is 0.481 e. The first-order valence-electron chi connectivity index (χ1n) is 5.56. The van der Waals surface area contributed by atoms with Gasteiger partial charge >= 0.3 is 11.9 Å². The van der Waals surface area contributed by atoms with Crippen molar-refractivity contribution in [2.24, 2.45) is 11.8 Å². The summed E-state index contributed by atoms with van der Waals surface area (Å²) < 4.78 is 4.99. The first kappa shape index (κ1) is 12.0. The average Bonchev–Trinajstić information content (AvgIpc) is 2.96. The van der Waals surface area contributed by atoms with Crippen LogP contribution in [0.25, 0.3) is 0 Å². The Bertz CT molecular complexity index is 237. The van der Waals surface area contributed by atoms with Crippen molar-refractivity contribution in [3.63, 3.8) is 0 Å². The molecule has 1 fully saturated rings. The van der Waals surface area contributed by atoms with E-state index in [1.807, 2.05) is 0 Å². The monoisotopic (exact) mass is 214 g/mol. The van der Waals surface area contributed by atoms with Crippen molar-refractivity contribution >= 4 is 11.9 Å². The minimum Gasteiger partial charge on any atom is -0.481 e. The zero-order chi connectivity index (χ0) is 11.3. The molecule has 0 spiro atoms. The fourth-order valence-electron chi connectivity index (χ4n) is 1.54. The third-order valence-corrected chi connectivity index (χ3v) is 2.65.